The number of aromatic nitrogens is 3. The number of rotatable bonds is 1. The van der Waals surface area contributed by atoms with Crippen molar-refractivity contribution >= 4 is 28.9 Å². The van der Waals surface area contributed by atoms with Crippen molar-refractivity contribution in [2.24, 2.45) is 0 Å². The molecule has 82 valence electrons. The van der Waals surface area contributed by atoms with Gasteiger partial charge in [0.25, 0.3) is 0 Å². The van der Waals surface area contributed by atoms with Gasteiger partial charge >= 0.3 is 0 Å². The smallest absolute Gasteiger partial charge is 0.178 e. The summed E-state index contributed by atoms with van der Waals surface area (Å²) in [5.74, 6) is 0.626. The predicted octanol–water partition coefficient (Wildman–Crippen LogP) is 1.19. The zero-order valence-corrected chi connectivity index (χ0v) is 9.50. The zero-order chi connectivity index (χ0) is 11.9. The number of nitriles is 1. The van der Waals surface area contributed by atoms with Gasteiger partial charge < -0.3 is 11.1 Å². The van der Waals surface area contributed by atoms with E-state index in [1.165, 1.54) is 4.52 Å². The molecule has 0 aliphatic heterocycles. The molecule has 0 saturated carbocycles. The molecule has 7 heteroatoms. The molecule has 6 nitrogen and oxygen atoms in total. The van der Waals surface area contributed by atoms with E-state index < -0.39 is 0 Å². The molecule has 2 heterocycles. The number of nitrogens with one attached hydrogen (secondary N) is 1. The number of nitrogen functional groups attached to an aromatic ring is 1. The molecule has 0 unspecified atom stereocenters. The van der Waals surface area contributed by atoms with Crippen LogP contribution in [0.2, 0.25) is 5.02 Å². The van der Waals surface area contributed by atoms with Crippen molar-refractivity contribution in [2.45, 2.75) is 6.92 Å². The Balaban J connectivity index is 2.94. The van der Waals surface area contributed by atoms with E-state index in [1.807, 2.05) is 6.07 Å². The van der Waals surface area contributed by atoms with Gasteiger partial charge in [0, 0.05) is 7.05 Å². The van der Waals surface area contributed by atoms with E-state index in [2.05, 4.69) is 15.4 Å². The van der Waals surface area contributed by atoms with Crippen molar-refractivity contribution in [1.82, 2.24) is 14.6 Å². The van der Waals surface area contributed by atoms with Gasteiger partial charge in [-0.2, -0.15) is 14.9 Å². The monoisotopic (exact) mass is 236 g/mol. The van der Waals surface area contributed by atoms with Gasteiger partial charge in [0.2, 0.25) is 0 Å². The molecule has 0 aliphatic carbocycles. The average Bonchev–Trinajstić information content (AvgIpc) is 2.56. The largest absolute Gasteiger partial charge is 0.382 e. The lowest BCUT2D eigenvalue weighted by molar-refractivity contribution is 0.926. The molecule has 0 spiro atoms. The predicted molar refractivity (Wildman–Crippen MR) is 61.4 cm³/mol. The molecule has 2 rings (SSSR count). The Morgan fingerprint density at radius 1 is 1.56 bits per heavy atom. The maximum Gasteiger partial charge on any atom is 0.178 e. The van der Waals surface area contributed by atoms with Crippen LogP contribution in [-0.2, 0) is 0 Å². The summed E-state index contributed by atoms with van der Waals surface area (Å²) in [6.07, 6.45) is 0. The molecule has 0 saturated heterocycles. The van der Waals surface area contributed by atoms with E-state index in [-0.39, 0.29) is 11.4 Å². The summed E-state index contributed by atoms with van der Waals surface area (Å²) in [5.41, 5.74) is 7.15. The van der Waals surface area contributed by atoms with Crippen molar-refractivity contribution in [3.8, 4) is 6.07 Å². The number of hydrogen-bond acceptors (Lipinski definition) is 5. The summed E-state index contributed by atoms with van der Waals surface area (Å²) >= 11 is 6.03. The fourth-order valence-corrected chi connectivity index (χ4v) is 1.60. The van der Waals surface area contributed by atoms with Crippen LogP contribution in [0.3, 0.4) is 0 Å². The van der Waals surface area contributed by atoms with Gasteiger partial charge in [-0.15, -0.1) is 0 Å². The van der Waals surface area contributed by atoms with Crippen LogP contribution in [0.15, 0.2) is 0 Å². The Morgan fingerprint density at radius 2 is 2.25 bits per heavy atom. The second kappa shape index (κ2) is 3.54. The highest BCUT2D eigenvalue weighted by Gasteiger charge is 2.16. The zero-order valence-electron chi connectivity index (χ0n) is 8.74. The number of anilines is 2. The molecule has 2 aromatic heterocycles. The van der Waals surface area contributed by atoms with E-state index in [0.29, 0.717) is 22.2 Å². The Kier molecular flexibility index (Phi) is 2.33. The highest BCUT2D eigenvalue weighted by Crippen LogP contribution is 2.26. The SMILES string of the molecule is CNc1nc2c(Cl)c(C)nn2c(N)c1C#N. The molecule has 0 atom stereocenters. The third-order valence-electron chi connectivity index (χ3n) is 2.25. The summed E-state index contributed by atoms with van der Waals surface area (Å²) in [5, 5.41) is 16.3. The van der Waals surface area contributed by atoms with Crippen molar-refractivity contribution in [3.63, 3.8) is 0 Å². The minimum absolute atomic E-state index is 0.229. The van der Waals surface area contributed by atoms with E-state index in [9.17, 15) is 0 Å². The van der Waals surface area contributed by atoms with E-state index >= 15 is 0 Å². The normalized spacial score (nSPS) is 10.4. The first-order valence-corrected chi connectivity index (χ1v) is 4.90. The van der Waals surface area contributed by atoms with Crippen LogP contribution < -0.4 is 11.1 Å². The number of nitrogens with two attached hydrogens (primary N) is 1. The highest BCUT2D eigenvalue weighted by molar-refractivity contribution is 6.34. The molecule has 16 heavy (non-hydrogen) atoms. The van der Waals surface area contributed by atoms with Crippen LogP contribution in [0.1, 0.15) is 11.3 Å². The van der Waals surface area contributed by atoms with Crippen LogP contribution in [0.4, 0.5) is 11.6 Å². The Labute approximate surface area is 96.6 Å². The van der Waals surface area contributed by atoms with Crippen molar-refractivity contribution in [2.75, 3.05) is 18.1 Å². The first kappa shape index (κ1) is 10.5. The molecule has 2 aromatic rings. The molecule has 0 aliphatic rings. The summed E-state index contributed by atoms with van der Waals surface area (Å²) < 4.78 is 1.37. The number of fused-ring (bicyclic) bond motifs is 1. The summed E-state index contributed by atoms with van der Waals surface area (Å²) in [4.78, 5) is 4.20. The number of nitrogens with zero attached hydrogens (tertiary/aromatic N) is 4. The van der Waals surface area contributed by atoms with Gasteiger partial charge in [-0.1, -0.05) is 11.6 Å². The molecular formula is C9H9ClN6. The van der Waals surface area contributed by atoms with E-state index in [4.69, 9.17) is 22.6 Å². The Bertz CT molecular complexity index is 609. The topological polar surface area (TPSA) is 92.0 Å². The molecule has 0 bridgehead atoms. The lowest BCUT2D eigenvalue weighted by Gasteiger charge is -2.06. The number of aryl methyl sites for hydroxylation is 1. The summed E-state index contributed by atoms with van der Waals surface area (Å²) in [6, 6.07) is 1.98. The molecule has 0 fully saturated rings. The minimum atomic E-state index is 0.229. The van der Waals surface area contributed by atoms with Gasteiger partial charge in [-0.05, 0) is 6.92 Å². The van der Waals surface area contributed by atoms with Crippen molar-refractivity contribution < 1.29 is 0 Å². The first-order valence-electron chi connectivity index (χ1n) is 4.52. The molecule has 3 N–H and O–H groups in total. The molecule has 0 radical (unpaired) electrons. The second-order valence-electron chi connectivity index (χ2n) is 3.22. The fourth-order valence-electron chi connectivity index (χ4n) is 1.44. The highest BCUT2D eigenvalue weighted by atomic mass is 35.5. The first-order chi connectivity index (χ1) is 7.60. The van der Waals surface area contributed by atoms with Crippen molar-refractivity contribution in [1.29, 1.82) is 5.26 Å². The molecular weight excluding hydrogens is 228 g/mol. The second-order valence-corrected chi connectivity index (χ2v) is 3.60. The molecule has 0 aromatic carbocycles. The third-order valence-corrected chi connectivity index (χ3v) is 2.69. The van der Waals surface area contributed by atoms with Crippen LogP contribution in [-0.4, -0.2) is 21.6 Å². The van der Waals surface area contributed by atoms with Gasteiger partial charge in [0.15, 0.2) is 5.65 Å². The van der Waals surface area contributed by atoms with Crippen LogP contribution in [0.25, 0.3) is 5.65 Å². The number of hydrogen-bond donors (Lipinski definition) is 2. The van der Waals surface area contributed by atoms with Gasteiger partial charge in [-0.3, -0.25) is 0 Å². The molecule has 0 amide bonds. The fraction of sp³-hybridized carbons (Fsp3) is 0.222. The van der Waals surface area contributed by atoms with E-state index in [1.54, 1.807) is 14.0 Å². The Morgan fingerprint density at radius 3 is 2.81 bits per heavy atom. The quantitative estimate of drug-likeness (QED) is 0.776. The number of halogens is 1. The van der Waals surface area contributed by atoms with E-state index in [0.717, 1.165) is 0 Å². The minimum Gasteiger partial charge on any atom is -0.382 e. The Hall–Kier alpha value is -2.00. The lowest BCUT2D eigenvalue weighted by atomic mass is 10.3. The van der Waals surface area contributed by atoms with Gasteiger partial charge in [0.1, 0.15) is 28.3 Å². The maximum absolute atomic E-state index is 8.98. The van der Waals surface area contributed by atoms with Gasteiger partial charge in [0.05, 0.1) is 5.69 Å². The van der Waals surface area contributed by atoms with Crippen LogP contribution in [0, 0.1) is 18.3 Å². The third kappa shape index (κ3) is 1.26. The van der Waals surface area contributed by atoms with Crippen LogP contribution >= 0.6 is 11.6 Å². The summed E-state index contributed by atoms with van der Waals surface area (Å²) in [7, 11) is 1.66. The maximum atomic E-state index is 8.98. The summed E-state index contributed by atoms with van der Waals surface area (Å²) in [6.45, 7) is 1.75. The van der Waals surface area contributed by atoms with Crippen molar-refractivity contribution in [3.05, 3.63) is 16.3 Å². The standard InChI is InChI=1S/C9H9ClN6/c1-4-6(10)9-14-8(13-2)5(3-11)7(12)16(9)15-4/h12H2,1-2H3,(H,13,14). The average molecular weight is 237 g/mol. The van der Waals surface area contributed by atoms with Crippen LogP contribution in [0.5, 0.6) is 0 Å². The van der Waals surface area contributed by atoms with Gasteiger partial charge in [-0.25, -0.2) is 4.98 Å². The lowest BCUT2D eigenvalue weighted by Crippen LogP contribution is -2.07.